The van der Waals surface area contributed by atoms with Gasteiger partial charge in [-0.3, -0.25) is 0 Å². The quantitative estimate of drug-likeness (QED) is 0.698. The van der Waals surface area contributed by atoms with Gasteiger partial charge in [-0.2, -0.15) is 0 Å². The minimum atomic E-state index is -1.82. The molecule has 27 heavy (non-hydrogen) atoms. The number of aliphatic hydroxyl groups excluding tert-OH is 1. The molecular formula is C21H32BrNO4. The van der Waals surface area contributed by atoms with Gasteiger partial charge in [0.25, 0.3) is 0 Å². The predicted octanol–water partition coefficient (Wildman–Crippen LogP) is 1.61. The Morgan fingerprint density at radius 3 is 2.07 bits per heavy atom. The summed E-state index contributed by atoms with van der Waals surface area (Å²) in [4.78, 5) is 11.2. The van der Waals surface area contributed by atoms with E-state index < -0.39 is 11.6 Å². The van der Waals surface area contributed by atoms with Crippen LogP contribution in [-0.2, 0) is 10.4 Å². The number of rotatable bonds is 3. The molecule has 1 aromatic carbocycles. The number of carboxylic acid groups (broad SMARTS) is 1. The van der Waals surface area contributed by atoms with E-state index in [0.29, 0.717) is 11.5 Å². The Kier molecular flexibility index (Phi) is 7.47. The lowest BCUT2D eigenvalue weighted by Crippen LogP contribution is -2.61. The van der Waals surface area contributed by atoms with Crippen molar-refractivity contribution in [3.8, 4) is 0 Å². The zero-order valence-electron chi connectivity index (χ0n) is 16.0. The van der Waals surface area contributed by atoms with Crippen molar-refractivity contribution >= 4 is 23.0 Å². The first-order valence-corrected chi connectivity index (χ1v) is 9.86. The van der Waals surface area contributed by atoms with E-state index in [2.05, 4.69) is 7.05 Å². The molecule has 5 rings (SSSR count). The molecular weight excluding hydrogens is 410 g/mol. The van der Waals surface area contributed by atoms with Crippen molar-refractivity contribution in [2.45, 2.75) is 50.2 Å². The molecule has 0 radical (unpaired) electrons. The van der Waals surface area contributed by atoms with Crippen molar-refractivity contribution in [2.24, 2.45) is 11.8 Å². The highest BCUT2D eigenvalue weighted by atomic mass is 79.9. The number of piperidine rings is 3. The highest BCUT2D eigenvalue weighted by Gasteiger charge is 2.42. The lowest BCUT2D eigenvalue weighted by molar-refractivity contribution is -0.928. The lowest BCUT2D eigenvalue weighted by Gasteiger charge is -2.48. The molecule has 3 heterocycles. The number of fused-ring (bicyclic) bond motifs is 3. The molecule has 3 saturated heterocycles. The minimum Gasteiger partial charge on any atom is -0.547 e. The van der Waals surface area contributed by atoms with Crippen LogP contribution in [0.15, 0.2) is 30.3 Å². The Morgan fingerprint density at radius 1 is 1.11 bits per heavy atom. The third-order valence-electron chi connectivity index (χ3n) is 6.72. The molecule has 1 aromatic rings. The summed E-state index contributed by atoms with van der Waals surface area (Å²) in [6, 6.07) is 8.56. The Morgan fingerprint density at radius 2 is 1.67 bits per heavy atom. The summed E-state index contributed by atoms with van der Waals surface area (Å²) in [5, 5.41) is 31.2. The Hall–Kier alpha value is -0.950. The Bertz CT molecular complexity index is 612. The summed E-state index contributed by atoms with van der Waals surface area (Å²) in [5.74, 6) is -0.967. The number of carboxylic acids is 1. The normalized spacial score (nSPS) is 32.0. The number of aliphatic carboxylic acids is 1. The van der Waals surface area contributed by atoms with Crippen molar-refractivity contribution in [1.29, 1.82) is 0 Å². The van der Waals surface area contributed by atoms with Gasteiger partial charge in [-0.05, 0) is 24.3 Å². The number of likely N-dealkylation sites (N-methyl/N-ethyl adjacent to an activating group) is 1. The van der Waals surface area contributed by atoms with Crippen molar-refractivity contribution in [1.82, 2.24) is 0 Å². The van der Waals surface area contributed by atoms with E-state index in [9.17, 15) is 20.1 Å². The van der Waals surface area contributed by atoms with Gasteiger partial charge >= 0.3 is 0 Å². The van der Waals surface area contributed by atoms with Crippen LogP contribution in [0.1, 0.15) is 44.1 Å². The molecule has 5 nitrogen and oxygen atoms in total. The SMILES string of the molecule is Br.C[N+]12CCC(CC1)C(O)C2.O=C([O-])C(O)(c1ccccc1)C1CCCC1. The minimum absolute atomic E-state index is 0. The molecule has 0 aromatic heterocycles. The summed E-state index contributed by atoms with van der Waals surface area (Å²) in [6.07, 6.45) is 5.96. The first kappa shape index (κ1) is 22.3. The van der Waals surface area contributed by atoms with Crippen molar-refractivity contribution in [3.63, 3.8) is 0 Å². The van der Waals surface area contributed by atoms with Crippen molar-refractivity contribution in [3.05, 3.63) is 35.9 Å². The standard InChI is InChI=1S/C13H16O3.C8H16NO.BrH/c14-12(15)13(16,11-8-4-5-9-11)10-6-2-1-3-7-10;1-9-4-2-7(3-5-9)8(10)6-9;/h1-3,6-7,11,16H,4-5,8-9H2,(H,14,15);7-8,10H,2-6H2,1H3;1H/q;+1;/p-1. The Balaban J connectivity index is 0.000000205. The summed E-state index contributed by atoms with van der Waals surface area (Å²) < 4.78 is 1.12. The molecule has 4 aliphatic rings. The van der Waals surface area contributed by atoms with Gasteiger partial charge in [0, 0.05) is 18.8 Å². The van der Waals surface area contributed by atoms with Gasteiger partial charge in [0.15, 0.2) is 0 Å². The number of hydrogen-bond donors (Lipinski definition) is 2. The van der Waals surface area contributed by atoms with E-state index in [1.54, 1.807) is 30.3 Å². The monoisotopic (exact) mass is 441 g/mol. The number of halogens is 1. The molecule has 1 aliphatic carbocycles. The van der Waals surface area contributed by atoms with Crippen LogP contribution in [-0.4, -0.2) is 53.5 Å². The van der Waals surface area contributed by atoms with Crippen LogP contribution in [0.5, 0.6) is 0 Å². The summed E-state index contributed by atoms with van der Waals surface area (Å²) in [7, 11) is 2.26. The topological polar surface area (TPSA) is 80.6 Å². The number of carbonyl (C=O) groups excluding carboxylic acids is 1. The van der Waals surface area contributed by atoms with Crippen molar-refractivity contribution < 1.29 is 24.6 Å². The fourth-order valence-electron chi connectivity index (χ4n) is 4.94. The number of aliphatic hydroxyl groups is 2. The third kappa shape index (κ3) is 4.73. The average molecular weight is 442 g/mol. The molecule has 0 spiro atoms. The van der Waals surface area contributed by atoms with Gasteiger partial charge in [-0.15, -0.1) is 17.0 Å². The highest BCUT2D eigenvalue weighted by molar-refractivity contribution is 8.93. The molecule has 152 valence electrons. The number of carbonyl (C=O) groups is 1. The molecule has 6 heteroatoms. The van der Waals surface area contributed by atoms with E-state index in [4.69, 9.17) is 0 Å². The second-order valence-electron chi connectivity index (χ2n) is 8.56. The van der Waals surface area contributed by atoms with Gasteiger partial charge in [0.2, 0.25) is 0 Å². The fraction of sp³-hybridized carbons (Fsp3) is 0.667. The van der Waals surface area contributed by atoms with Gasteiger partial charge in [0.05, 0.1) is 26.1 Å². The lowest BCUT2D eigenvalue weighted by atomic mass is 9.80. The number of quaternary nitrogens is 1. The maximum atomic E-state index is 11.2. The number of benzene rings is 1. The van der Waals surface area contributed by atoms with Crippen molar-refractivity contribution in [2.75, 3.05) is 26.7 Å². The smallest absolute Gasteiger partial charge is 0.132 e. The molecule has 2 bridgehead atoms. The predicted molar refractivity (Wildman–Crippen MR) is 107 cm³/mol. The summed E-state index contributed by atoms with van der Waals surface area (Å²) >= 11 is 0. The van der Waals surface area contributed by atoms with Crippen LogP contribution < -0.4 is 5.11 Å². The first-order valence-electron chi connectivity index (χ1n) is 9.86. The van der Waals surface area contributed by atoms with E-state index in [0.717, 1.165) is 36.7 Å². The largest absolute Gasteiger partial charge is 0.547 e. The molecule has 2 unspecified atom stereocenters. The van der Waals surface area contributed by atoms with E-state index >= 15 is 0 Å². The summed E-state index contributed by atoms with van der Waals surface area (Å²) in [5.41, 5.74) is -1.39. The second-order valence-corrected chi connectivity index (χ2v) is 8.56. The third-order valence-corrected chi connectivity index (χ3v) is 6.72. The van der Waals surface area contributed by atoms with Crippen LogP contribution in [0, 0.1) is 11.8 Å². The average Bonchev–Trinajstić information content (AvgIpc) is 3.17. The highest BCUT2D eigenvalue weighted by Crippen LogP contribution is 2.40. The molecule has 2 atom stereocenters. The zero-order valence-corrected chi connectivity index (χ0v) is 17.8. The van der Waals surface area contributed by atoms with E-state index in [1.165, 1.54) is 25.9 Å². The number of hydrogen-bond acceptors (Lipinski definition) is 4. The summed E-state index contributed by atoms with van der Waals surface area (Å²) in [6.45, 7) is 3.59. The molecule has 3 aliphatic heterocycles. The van der Waals surface area contributed by atoms with Gasteiger partial charge < -0.3 is 24.6 Å². The molecule has 1 saturated carbocycles. The maximum absolute atomic E-state index is 11.2. The second kappa shape index (κ2) is 9.03. The maximum Gasteiger partial charge on any atom is 0.132 e. The van der Waals surface area contributed by atoms with Crippen LogP contribution in [0.2, 0.25) is 0 Å². The van der Waals surface area contributed by atoms with Gasteiger partial charge in [-0.1, -0.05) is 43.2 Å². The van der Waals surface area contributed by atoms with Crippen LogP contribution in [0.25, 0.3) is 0 Å². The van der Waals surface area contributed by atoms with E-state index in [1.807, 2.05) is 0 Å². The van der Waals surface area contributed by atoms with Gasteiger partial charge in [0.1, 0.15) is 18.2 Å². The van der Waals surface area contributed by atoms with Crippen LogP contribution in [0.4, 0.5) is 0 Å². The Labute approximate surface area is 172 Å². The first-order chi connectivity index (χ1) is 12.3. The zero-order chi connectivity index (χ0) is 18.8. The molecule has 0 amide bonds. The van der Waals surface area contributed by atoms with Crippen LogP contribution in [0.3, 0.4) is 0 Å². The molecule has 2 N–H and O–H groups in total. The van der Waals surface area contributed by atoms with Crippen LogP contribution >= 0.6 is 17.0 Å². The molecule has 4 fully saturated rings. The number of nitrogens with zero attached hydrogens (tertiary/aromatic N) is 1. The van der Waals surface area contributed by atoms with Gasteiger partial charge in [-0.25, -0.2) is 0 Å². The fourth-order valence-corrected chi connectivity index (χ4v) is 4.94. The van der Waals surface area contributed by atoms with E-state index in [-0.39, 0.29) is 29.0 Å².